The van der Waals surface area contributed by atoms with Crippen LogP contribution in [0.4, 0.5) is 0 Å². The number of benzene rings is 1. The average Bonchev–Trinajstić information content (AvgIpc) is 3.24. The number of aromatic nitrogens is 4. The van der Waals surface area contributed by atoms with Crippen LogP contribution in [-0.4, -0.2) is 25.7 Å². The maximum Gasteiger partial charge on any atom is 0.271 e. The van der Waals surface area contributed by atoms with Crippen molar-refractivity contribution in [1.29, 1.82) is 0 Å². The number of hydrogen-bond donors (Lipinski definition) is 1. The van der Waals surface area contributed by atoms with Gasteiger partial charge in [0.2, 0.25) is 0 Å². The molecule has 1 amide bonds. The van der Waals surface area contributed by atoms with Crippen LogP contribution in [0.3, 0.4) is 0 Å². The van der Waals surface area contributed by atoms with Crippen molar-refractivity contribution in [2.24, 2.45) is 0 Å². The SMILES string of the molecule is O=C(NCc1nn(-c2ccccc2)c2c1CCC2)c1cnccn1. The first-order chi connectivity index (χ1) is 11.8. The Morgan fingerprint density at radius 2 is 2.04 bits per heavy atom. The Morgan fingerprint density at radius 3 is 2.83 bits per heavy atom. The number of carbonyl (C=O) groups excluding carboxylic acids is 1. The summed E-state index contributed by atoms with van der Waals surface area (Å²) < 4.78 is 2.01. The summed E-state index contributed by atoms with van der Waals surface area (Å²) in [6, 6.07) is 10.1. The topological polar surface area (TPSA) is 72.7 Å². The first kappa shape index (κ1) is 14.6. The summed E-state index contributed by atoms with van der Waals surface area (Å²) in [6.07, 6.45) is 7.68. The number of hydrogen-bond acceptors (Lipinski definition) is 4. The molecular formula is C18H17N5O. The third-order valence-corrected chi connectivity index (χ3v) is 4.23. The van der Waals surface area contributed by atoms with Crippen molar-refractivity contribution in [1.82, 2.24) is 25.1 Å². The van der Waals surface area contributed by atoms with Crippen LogP contribution in [0.2, 0.25) is 0 Å². The van der Waals surface area contributed by atoms with Gasteiger partial charge in [-0.2, -0.15) is 5.10 Å². The molecule has 24 heavy (non-hydrogen) atoms. The molecule has 0 atom stereocenters. The smallest absolute Gasteiger partial charge is 0.271 e. The molecule has 6 heteroatoms. The molecule has 0 aliphatic heterocycles. The Kier molecular flexibility index (Phi) is 3.78. The van der Waals surface area contributed by atoms with E-state index < -0.39 is 0 Å². The summed E-state index contributed by atoms with van der Waals surface area (Å²) in [5, 5.41) is 7.63. The molecule has 0 radical (unpaired) electrons. The quantitative estimate of drug-likeness (QED) is 0.799. The maximum atomic E-state index is 12.1. The lowest BCUT2D eigenvalue weighted by Crippen LogP contribution is -2.24. The zero-order valence-electron chi connectivity index (χ0n) is 13.1. The molecule has 2 heterocycles. The molecule has 0 saturated carbocycles. The molecule has 1 aliphatic carbocycles. The van der Waals surface area contributed by atoms with Crippen LogP contribution in [0.25, 0.3) is 5.69 Å². The molecule has 1 N–H and O–H groups in total. The highest BCUT2D eigenvalue weighted by Gasteiger charge is 2.23. The van der Waals surface area contributed by atoms with E-state index in [1.165, 1.54) is 23.7 Å². The van der Waals surface area contributed by atoms with Crippen LogP contribution in [0.1, 0.15) is 33.9 Å². The molecule has 1 aromatic carbocycles. The van der Waals surface area contributed by atoms with Crippen molar-refractivity contribution in [2.75, 3.05) is 0 Å². The monoisotopic (exact) mass is 319 g/mol. The predicted octanol–water partition coefficient (Wildman–Crippen LogP) is 2.08. The van der Waals surface area contributed by atoms with Gasteiger partial charge in [0.05, 0.1) is 24.1 Å². The van der Waals surface area contributed by atoms with Gasteiger partial charge in [0.25, 0.3) is 5.91 Å². The summed E-state index contributed by atoms with van der Waals surface area (Å²) in [5.74, 6) is -0.232. The van der Waals surface area contributed by atoms with E-state index in [0.29, 0.717) is 12.2 Å². The fraction of sp³-hybridized carbons (Fsp3) is 0.222. The van der Waals surface area contributed by atoms with Crippen molar-refractivity contribution >= 4 is 5.91 Å². The molecule has 0 unspecified atom stereocenters. The second kappa shape index (κ2) is 6.23. The molecule has 120 valence electrons. The van der Waals surface area contributed by atoms with E-state index in [-0.39, 0.29) is 5.91 Å². The van der Waals surface area contributed by atoms with Crippen LogP contribution in [0, 0.1) is 0 Å². The summed E-state index contributed by atoms with van der Waals surface area (Å²) >= 11 is 0. The zero-order valence-corrected chi connectivity index (χ0v) is 13.1. The van der Waals surface area contributed by atoms with E-state index in [0.717, 1.165) is 30.6 Å². The lowest BCUT2D eigenvalue weighted by atomic mass is 10.2. The minimum Gasteiger partial charge on any atom is -0.345 e. The number of nitrogens with one attached hydrogen (secondary N) is 1. The summed E-state index contributed by atoms with van der Waals surface area (Å²) in [4.78, 5) is 20.1. The van der Waals surface area contributed by atoms with Crippen LogP contribution in [-0.2, 0) is 19.4 Å². The van der Waals surface area contributed by atoms with E-state index in [1.807, 2.05) is 35.0 Å². The number of nitrogens with zero attached hydrogens (tertiary/aromatic N) is 4. The number of carbonyl (C=O) groups is 1. The van der Waals surface area contributed by atoms with Gasteiger partial charge in [0.15, 0.2) is 0 Å². The van der Waals surface area contributed by atoms with Crippen molar-refractivity contribution in [3.8, 4) is 5.69 Å². The van der Waals surface area contributed by atoms with E-state index in [1.54, 1.807) is 6.20 Å². The van der Waals surface area contributed by atoms with Crippen molar-refractivity contribution in [2.45, 2.75) is 25.8 Å². The van der Waals surface area contributed by atoms with E-state index in [4.69, 9.17) is 5.10 Å². The number of fused-ring (bicyclic) bond motifs is 1. The van der Waals surface area contributed by atoms with Gasteiger partial charge < -0.3 is 5.32 Å². The lowest BCUT2D eigenvalue weighted by molar-refractivity contribution is 0.0945. The third kappa shape index (κ3) is 2.67. The summed E-state index contributed by atoms with van der Waals surface area (Å²) in [5.41, 5.74) is 4.82. The molecule has 6 nitrogen and oxygen atoms in total. The first-order valence-electron chi connectivity index (χ1n) is 8.02. The van der Waals surface area contributed by atoms with Gasteiger partial charge in [0, 0.05) is 18.1 Å². The van der Waals surface area contributed by atoms with Gasteiger partial charge in [0.1, 0.15) is 5.69 Å². The molecule has 0 spiro atoms. The van der Waals surface area contributed by atoms with Crippen LogP contribution < -0.4 is 5.32 Å². The standard InChI is InChI=1S/C18H17N5O/c24-18(16-11-19-9-10-20-16)21-12-15-14-7-4-8-17(14)23(22-15)13-5-2-1-3-6-13/h1-3,5-6,9-11H,4,7-8,12H2,(H,21,24). The Bertz CT molecular complexity index is 858. The van der Waals surface area contributed by atoms with Gasteiger partial charge in [-0.05, 0) is 37.0 Å². The number of para-hydroxylation sites is 1. The summed E-state index contributed by atoms with van der Waals surface area (Å²) in [6.45, 7) is 0.400. The van der Waals surface area contributed by atoms with Gasteiger partial charge in [-0.1, -0.05) is 18.2 Å². The zero-order chi connectivity index (χ0) is 16.4. The predicted molar refractivity (Wildman–Crippen MR) is 88.8 cm³/mol. The van der Waals surface area contributed by atoms with Gasteiger partial charge >= 0.3 is 0 Å². The minimum absolute atomic E-state index is 0.232. The fourth-order valence-electron chi connectivity index (χ4n) is 3.11. The molecule has 0 bridgehead atoms. The molecule has 1 aliphatic rings. The van der Waals surface area contributed by atoms with Crippen molar-refractivity contribution < 1.29 is 4.79 Å². The molecule has 3 aromatic rings. The second-order valence-corrected chi connectivity index (χ2v) is 5.75. The van der Waals surface area contributed by atoms with E-state index >= 15 is 0 Å². The highest BCUT2D eigenvalue weighted by Crippen LogP contribution is 2.27. The Hall–Kier alpha value is -3.02. The summed E-state index contributed by atoms with van der Waals surface area (Å²) in [7, 11) is 0. The fourth-order valence-corrected chi connectivity index (χ4v) is 3.11. The van der Waals surface area contributed by atoms with Crippen LogP contribution >= 0.6 is 0 Å². The molecule has 4 rings (SSSR count). The van der Waals surface area contributed by atoms with Gasteiger partial charge in [-0.3, -0.25) is 9.78 Å². The Labute approximate surface area is 139 Å². The third-order valence-electron chi connectivity index (χ3n) is 4.23. The largest absolute Gasteiger partial charge is 0.345 e. The van der Waals surface area contributed by atoms with Gasteiger partial charge in [-0.15, -0.1) is 0 Å². The Balaban J connectivity index is 1.57. The molecular weight excluding hydrogens is 302 g/mol. The molecule has 0 saturated heterocycles. The molecule has 2 aromatic heterocycles. The van der Waals surface area contributed by atoms with E-state index in [2.05, 4.69) is 15.3 Å². The number of rotatable bonds is 4. The number of amides is 1. The Morgan fingerprint density at radius 1 is 1.17 bits per heavy atom. The normalized spacial score (nSPS) is 12.8. The highest BCUT2D eigenvalue weighted by molar-refractivity contribution is 5.91. The maximum absolute atomic E-state index is 12.1. The second-order valence-electron chi connectivity index (χ2n) is 5.75. The van der Waals surface area contributed by atoms with Crippen molar-refractivity contribution in [3.05, 3.63) is 71.6 Å². The van der Waals surface area contributed by atoms with Crippen LogP contribution in [0.15, 0.2) is 48.9 Å². The highest BCUT2D eigenvalue weighted by atomic mass is 16.1. The molecule has 0 fully saturated rings. The van der Waals surface area contributed by atoms with Gasteiger partial charge in [-0.25, -0.2) is 9.67 Å². The minimum atomic E-state index is -0.232. The van der Waals surface area contributed by atoms with Crippen LogP contribution in [0.5, 0.6) is 0 Å². The van der Waals surface area contributed by atoms with E-state index in [9.17, 15) is 4.79 Å². The lowest BCUT2D eigenvalue weighted by Gasteiger charge is -2.05. The first-order valence-corrected chi connectivity index (χ1v) is 8.02. The average molecular weight is 319 g/mol. The van der Waals surface area contributed by atoms with Crippen molar-refractivity contribution in [3.63, 3.8) is 0 Å².